The van der Waals surface area contributed by atoms with E-state index in [9.17, 15) is 8.78 Å². The Bertz CT molecular complexity index is 785. The maximum Gasteiger partial charge on any atom is 0.231 e. The monoisotopic (exact) mass is 336 g/mol. The molecule has 7 heteroatoms. The highest BCUT2D eigenvalue weighted by molar-refractivity contribution is 5.85. The molecule has 23 heavy (non-hydrogen) atoms. The molecule has 0 amide bonds. The summed E-state index contributed by atoms with van der Waals surface area (Å²) in [5.41, 5.74) is 1.57. The first-order chi connectivity index (χ1) is 10.6. The standard InChI is InChI=1S/C16H14F2N4.ClH/c1-21(14-9-7-13(18)8-10-14)16-20-19-15(22(16)2)11-3-5-12(17)6-4-11;/h3-10H,1-2H3;1H. The van der Waals surface area contributed by atoms with Gasteiger partial charge in [0.1, 0.15) is 11.6 Å². The van der Waals surface area contributed by atoms with Crippen molar-refractivity contribution in [3.63, 3.8) is 0 Å². The Hall–Kier alpha value is -2.47. The largest absolute Gasteiger partial charge is 0.314 e. The second-order valence-corrected chi connectivity index (χ2v) is 4.92. The van der Waals surface area contributed by atoms with Crippen LogP contribution >= 0.6 is 12.4 Å². The van der Waals surface area contributed by atoms with Gasteiger partial charge in [-0.2, -0.15) is 0 Å². The molecule has 0 atom stereocenters. The molecular formula is C16H15ClF2N4. The highest BCUT2D eigenvalue weighted by atomic mass is 35.5. The fourth-order valence-corrected chi connectivity index (χ4v) is 2.24. The third-order valence-corrected chi connectivity index (χ3v) is 3.47. The predicted octanol–water partition coefficient (Wildman–Crippen LogP) is 3.95. The third-order valence-electron chi connectivity index (χ3n) is 3.47. The summed E-state index contributed by atoms with van der Waals surface area (Å²) in [5, 5.41) is 8.32. The van der Waals surface area contributed by atoms with Crippen LogP contribution in [0.1, 0.15) is 0 Å². The van der Waals surface area contributed by atoms with Crippen LogP contribution in [0.4, 0.5) is 20.4 Å². The maximum absolute atomic E-state index is 13.0. The summed E-state index contributed by atoms with van der Waals surface area (Å²) in [5.74, 6) is 0.645. The molecule has 0 aliphatic heterocycles. The van der Waals surface area contributed by atoms with Gasteiger partial charge in [-0.1, -0.05) is 0 Å². The quantitative estimate of drug-likeness (QED) is 0.726. The van der Waals surface area contributed by atoms with Gasteiger partial charge in [0.25, 0.3) is 0 Å². The van der Waals surface area contributed by atoms with Gasteiger partial charge in [-0.3, -0.25) is 4.57 Å². The van der Waals surface area contributed by atoms with E-state index in [1.807, 2.05) is 14.1 Å². The number of hydrogen-bond donors (Lipinski definition) is 0. The Kier molecular flexibility index (Phi) is 4.95. The van der Waals surface area contributed by atoms with Crippen molar-refractivity contribution in [1.29, 1.82) is 0 Å². The molecule has 0 saturated carbocycles. The number of rotatable bonds is 3. The fourth-order valence-electron chi connectivity index (χ4n) is 2.24. The predicted molar refractivity (Wildman–Crippen MR) is 88.1 cm³/mol. The van der Waals surface area contributed by atoms with Crippen molar-refractivity contribution in [2.75, 3.05) is 11.9 Å². The van der Waals surface area contributed by atoms with Crippen LogP contribution in [0.2, 0.25) is 0 Å². The van der Waals surface area contributed by atoms with Gasteiger partial charge in [0.05, 0.1) is 0 Å². The first-order valence-electron chi connectivity index (χ1n) is 6.71. The van der Waals surface area contributed by atoms with Crippen molar-refractivity contribution in [3.8, 4) is 11.4 Å². The van der Waals surface area contributed by atoms with E-state index in [2.05, 4.69) is 10.2 Å². The SMILES string of the molecule is CN(c1ccc(F)cc1)c1nnc(-c2ccc(F)cc2)n1C.Cl. The lowest BCUT2D eigenvalue weighted by Gasteiger charge is -2.17. The van der Waals surface area contributed by atoms with Crippen LogP contribution in [0, 0.1) is 11.6 Å². The normalized spacial score (nSPS) is 10.3. The minimum atomic E-state index is -0.297. The summed E-state index contributed by atoms with van der Waals surface area (Å²) >= 11 is 0. The van der Waals surface area contributed by atoms with Gasteiger partial charge in [-0.05, 0) is 48.5 Å². The van der Waals surface area contributed by atoms with Crippen molar-refractivity contribution in [3.05, 3.63) is 60.2 Å². The average molecular weight is 337 g/mol. The minimum absolute atomic E-state index is 0. The molecule has 0 aliphatic rings. The van der Waals surface area contributed by atoms with E-state index >= 15 is 0 Å². The molecule has 0 aliphatic carbocycles. The van der Waals surface area contributed by atoms with E-state index in [4.69, 9.17) is 0 Å². The van der Waals surface area contributed by atoms with Gasteiger partial charge < -0.3 is 4.90 Å². The molecule has 3 rings (SSSR count). The van der Waals surface area contributed by atoms with Crippen molar-refractivity contribution in [2.24, 2.45) is 7.05 Å². The van der Waals surface area contributed by atoms with Crippen molar-refractivity contribution in [1.82, 2.24) is 14.8 Å². The number of anilines is 2. The summed E-state index contributed by atoms with van der Waals surface area (Å²) < 4.78 is 27.8. The molecule has 0 saturated heterocycles. The van der Waals surface area contributed by atoms with Gasteiger partial charge in [0.15, 0.2) is 5.82 Å². The summed E-state index contributed by atoms with van der Waals surface area (Å²) in [6.45, 7) is 0. The van der Waals surface area contributed by atoms with Crippen LogP contribution in [-0.2, 0) is 7.05 Å². The van der Waals surface area contributed by atoms with Crippen LogP contribution in [-0.4, -0.2) is 21.8 Å². The van der Waals surface area contributed by atoms with E-state index in [0.29, 0.717) is 11.8 Å². The Morgan fingerprint density at radius 1 is 0.870 bits per heavy atom. The molecule has 0 fully saturated rings. The van der Waals surface area contributed by atoms with E-state index in [0.717, 1.165) is 11.3 Å². The number of aromatic nitrogens is 3. The highest BCUT2D eigenvalue weighted by Crippen LogP contribution is 2.25. The van der Waals surface area contributed by atoms with Gasteiger partial charge in [0, 0.05) is 25.3 Å². The molecule has 3 aromatic rings. The van der Waals surface area contributed by atoms with Crippen molar-refractivity contribution in [2.45, 2.75) is 0 Å². The second-order valence-electron chi connectivity index (χ2n) is 4.92. The van der Waals surface area contributed by atoms with Gasteiger partial charge >= 0.3 is 0 Å². The van der Waals surface area contributed by atoms with Gasteiger partial charge in [-0.25, -0.2) is 8.78 Å². The summed E-state index contributed by atoms with van der Waals surface area (Å²) in [7, 11) is 3.65. The van der Waals surface area contributed by atoms with Crippen LogP contribution in [0.25, 0.3) is 11.4 Å². The molecule has 1 heterocycles. The number of hydrogen-bond acceptors (Lipinski definition) is 3. The number of benzene rings is 2. The van der Waals surface area contributed by atoms with Gasteiger partial charge in [-0.15, -0.1) is 22.6 Å². The van der Waals surface area contributed by atoms with E-state index in [-0.39, 0.29) is 24.0 Å². The lowest BCUT2D eigenvalue weighted by molar-refractivity contribution is 0.627. The smallest absolute Gasteiger partial charge is 0.231 e. The van der Waals surface area contributed by atoms with Crippen molar-refractivity contribution >= 4 is 24.0 Å². The lowest BCUT2D eigenvalue weighted by atomic mass is 10.2. The van der Waals surface area contributed by atoms with Crippen molar-refractivity contribution < 1.29 is 8.78 Å². The first kappa shape index (κ1) is 16.9. The topological polar surface area (TPSA) is 34.0 Å². The summed E-state index contributed by atoms with van der Waals surface area (Å²) in [4.78, 5) is 1.81. The number of halogens is 3. The van der Waals surface area contributed by atoms with Crippen LogP contribution in [0.3, 0.4) is 0 Å². The zero-order chi connectivity index (χ0) is 15.7. The van der Waals surface area contributed by atoms with E-state index < -0.39 is 0 Å². The molecule has 0 spiro atoms. The molecule has 4 nitrogen and oxygen atoms in total. The van der Waals surface area contributed by atoms with Crippen LogP contribution < -0.4 is 4.90 Å². The molecule has 0 N–H and O–H groups in total. The molecular weight excluding hydrogens is 322 g/mol. The van der Waals surface area contributed by atoms with Crippen LogP contribution in [0.15, 0.2) is 48.5 Å². The third kappa shape index (κ3) is 3.32. The highest BCUT2D eigenvalue weighted by Gasteiger charge is 2.15. The molecule has 0 radical (unpaired) electrons. The van der Waals surface area contributed by atoms with Gasteiger partial charge in [0.2, 0.25) is 5.95 Å². The average Bonchev–Trinajstić information content (AvgIpc) is 2.90. The zero-order valence-corrected chi connectivity index (χ0v) is 13.4. The first-order valence-corrected chi connectivity index (χ1v) is 6.71. The minimum Gasteiger partial charge on any atom is -0.314 e. The molecule has 0 unspecified atom stereocenters. The Balaban J connectivity index is 0.00000192. The Labute approximate surface area is 138 Å². The number of nitrogens with zero attached hydrogens (tertiary/aromatic N) is 4. The lowest BCUT2D eigenvalue weighted by Crippen LogP contribution is -2.14. The van der Waals surface area contributed by atoms with E-state index in [1.54, 1.807) is 33.7 Å². The Morgan fingerprint density at radius 2 is 1.39 bits per heavy atom. The van der Waals surface area contributed by atoms with Crippen LogP contribution in [0.5, 0.6) is 0 Å². The summed E-state index contributed by atoms with van der Waals surface area (Å²) in [6, 6.07) is 12.2. The molecule has 1 aromatic heterocycles. The van der Waals surface area contributed by atoms with E-state index in [1.165, 1.54) is 24.3 Å². The zero-order valence-electron chi connectivity index (χ0n) is 12.6. The fraction of sp³-hybridized carbons (Fsp3) is 0.125. The molecule has 0 bridgehead atoms. The molecule has 120 valence electrons. The molecule has 2 aromatic carbocycles. The Morgan fingerprint density at radius 3 is 1.96 bits per heavy atom. The maximum atomic E-state index is 13.0. The summed E-state index contributed by atoms with van der Waals surface area (Å²) in [6.07, 6.45) is 0. The second kappa shape index (κ2) is 6.75.